The summed E-state index contributed by atoms with van der Waals surface area (Å²) >= 11 is 0. The van der Waals surface area contributed by atoms with Crippen LogP contribution in [-0.4, -0.2) is 57.9 Å². The summed E-state index contributed by atoms with van der Waals surface area (Å²) in [6.07, 6.45) is 2.16. The first-order chi connectivity index (χ1) is 12.6. The zero-order chi connectivity index (χ0) is 18.5. The lowest BCUT2D eigenvalue weighted by atomic mass is 10.1. The number of nitrogens with zero attached hydrogens (tertiary/aromatic N) is 4. The summed E-state index contributed by atoms with van der Waals surface area (Å²) in [6, 6.07) is 9.73. The Morgan fingerprint density at radius 1 is 1.19 bits per heavy atom. The molecule has 1 aromatic carbocycles. The number of carbonyl (C=O) groups is 1. The van der Waals surface area contributed by atoms with Crippen molar-refractivity contribution in [1.82, 2.24) is 19.7 Å². The average molecular weight is 394 g/mol. The average Bonchev–Trinajstić information content (AvgIpc) is 2.94. The molecule has 7 nitrogen and oxygen atoms in total. The zero-order valence-electron chi connectivity index (χ0n) is 15.9. The Morgan fingerprint density at radius 3 is 2.63 bits per heavy atom. The third-order valence-electron chi connectivity index (χ3n) is 5.06. The van der Waals surface area contributed by atoms with Gasteiger partial charge in [0.1, 0.15) is 17.7 Å². The number of halogens is 1. The van der Waals surface area contributed by atoms with E-state index in [0.29, 0.717) is 26.1 Å². The molecule has 2 heterocycles. The lowest BCUT2D eigenvalue weighted by molar-refractivity contribution is -0.135. The van der Waals surface area contributed by atoms with Gasteiger partial charge in [-0.2, -0.15) is 0 Å². The predicted octanol–water partition coefficient (Wildman–Crippen LogP) is 1.23. The fourth-order valence-electron chi connectivity index (χ4n) is 3.25. The molecular weight excluding hydrogens is 366 g/mol. The number of aromatic nitrogens is 3. The van der Waals surface area contributed by atoms with Gasteiger partial charge in [0, 0.05) is 39.6 Å². The summed E-state index contributed by atoms with van der Waals surface area (Å²) in [4.78, 5) is 14.4. The van der Waals surface area contributed by atoms with Crippen molar-refractivity contribution in [3.05, 3.63) is 47.5 Å². The van der Waals surface area contributed by atoms with Gasteiger partial charge in [-0.25, -0.2) is 0 Å². The predicted molar refractivity (Wildman–Crippen MR) is 106 cm³/mol. The van der Waals surface area contributed by atoms with Crippen LogP contribution in [0, 0.1) is 0 Å². The highest BCUT2D eigenvalue weighted by Crippen LogP contribution is 2.13. The van der Waals surface area contributed by atoms with Crippen LogP contribution in [0.2, 0.25) is 0 Å². The van der Waals surface area contributed by atoms with Crippen LogP contribution in [0.1, 0.15) is 24.1 Å². The minimum Gasteiger partial charge on any atom is -0.380 e. The van der Waals surface area contributed by atoms with Gasteiger partial charge in [-0.15, -0.1) is 22.6 Å². The summed E-state index contributed by atoms with van der Waals surface area (Å²) in [5, 5.41) is 8.70. The van der Waals surface area contributed by atoms with E-state index in [0.717, 1.165) is 24.5 Å². The quantitative estimate of drug-likeness (QED) is 0.797. The molecule has 27 heavy (non-hydrogen) atoms. The maximum absolute atomic E-state index is 12.6. The Kier molecular flexibility index (Phi) is 7.77. The second-order valence-corrected chi connectivity index (χ2v) is 6.71. The minimum absolute atomic E-state index is 0. The number of methoxy groups -OCH3 is 1. The number of hydrogen-bond acceptors (Lipinski definition) is 5. The van der Waals surface area contributed by atoms with Gasteiger partial charge < -0.3 is 19.9 Å². The molecule has 0 radical (unpaired) electrons. The Morgan fingerprint density at radius 2 is 1.93 bits per heavy atom. The molecule has 148 valence electrons. The van der Waals surface area contributed by atoms with E-state index in [9.17, 15) is 4.79 Å². The van der Waals surface area contributed by atoms with E-state index in [4.69, 9.17) is 10.5 Å². The van der Waals surface area contributed by atoms with E-state index in [-0.39, 0.29) is 24.4 Å². The van der Waals surface area contributed by atoms with Crippen molar-refractivity contribution in [2.75, 3.05) is 20.2 Å². The molecule has 0 bridgehead atoms. The van der Waals surface area contributed by atoms with Crippen LogP contribution in [0.3, 0.4) is 0 Å². The second kappa shape index (κ2) is 9.82. The first-order valence-corrected chi connectivity index (χ1v) is 9.12. The number of carbonyl (C=O) groups excluding carboxylic acids is 1. The maximum atomic E-state index is 12.6. The standard InChI is InChI=1S/C19H27N5O2.ClH/c1-14(26-2)18(20)19(25)23-11-10-17-22-21-16(24(17)13-12-23)9-8-15-6-4-3-5-7-15;/h3-7,14,18H,8-13,20H2,1-2H3;1H/t14-,18+;/m1./s1. The fraction of sp³-hybridized carbons (Fsp3) is 0.526. The van der Waals surface area contributed by atoms with Gasteiger partial charge in [0.2, 0.25) is 5.91 Å². The third-order valence-corrected chi connectivity index (χ3v) is 5.06. The van der Waals surface area contributed by atoms with E-state index in [1.54, 1.807) is 7.11 Å². The van der Waals surface area contributed by atoms with Gasteiger partial charge in [0.05, 0.1) is 6.10 Å². The lowest BCUT2D eigenvalue weighted by Gasteiger charge is -2.26. The van der Waals surface area contributed by atoms with E-state index < -0.39 is 6.04 Å². The maximum Gasteiger partial charge on any atom is 0.242 e. The van der Waals surface area contributed by atoms with Gasteiger partial charge in [0.25, 0.3) is 0 Å². The largest absolute Gasteiger partial charge is 0.380 e. The van der Waals surface area contributed by atoms with Gasteiger partial charge in [-0.05, 0) is 18.9 Å². The number of amides is 1. The third kappa shape index (κ3) is 5.06. The number of hydrogen-bond donors (Lipinski definition) is 1. The van der Waals surface area contributed by atoms with Crippen molar-refractivity contribution in [1.29, 1.82) is 0 Å². The van der Waals surface area contributed by atoms with E-state index in [1.807, 2.05) is 30.0 Å². The topological polar surface area (TPSA) is 86.3 Å². The fourth-order valence-corrected chi connectivity index (χ4v) is 3.25. The number of nitrogens with two attached hydrogens (primary N) is 1. The van der Waals surface area contributed by atoms with Crippen molar-refractivity contribution in [2.24, 2.45) is 5.73 Å². The Labute approximate surface area is 166 Å². The molecule has 2 aromatic rings. The highest BCUT2D eigenvalue weighted by molar-refractivity contribution is 5.85. The molecule has 2 N–H and O–H groups in total. The SMILES string of the molecule is CO[C@H](C)[C@H](N)C(=O)N1CCc2nnc(CCc3ccccc3)n2CC1.Cl. The van der Waals surface area contributed by atoms with E-state index in [1.165, 1.54) is 5.56 Å². The van der Waals surface area contributed by atoms with Crippen LogP contribution in [0.15, 0.2) is 30.3 Å². The van der Waals surface area contributed by atoms with Crippen molar-refractivity contribution in [3.8, 4) is 0 Å². The second-order valence-electron chi connectivity index (χ2n) is 6.71. The van der Waals surface area contributed by atoms with Crippen molar-refractivity contribution in [2.45, 2.75) is 44.9 Å². The van der Waals surface area contributed by atoms with Crippen LogP contribution in [0.5, 0.6) is 0 Å². The number of aryl methyl sites for hydroxylation is 2. The van der Waals surface area contributed by atoms with Gasteiger partial charge in [0.15, 0.2) is 0 Å². The summed E-state index contributed by atoms with van der Waals surface area (Å²) in [5.74, 6) is 1.85. The highest BCUT2D eigenvalue weighted by Gasteiger charge is 2.28. The van der Waals surface area contributed by atoms with E-state index in [2.05, 4.69) is 26.9 Å². The molecule has 0 spiro atoms. The normalized spacial score (nSPS) is 16.0. The van der Waals surface area contributed by atoms with Crippen LogP contribution in [0.25, 0.3) is 0 Å². The summed E-state index contributed by atoms with van der Waals surface area (Å²) < 4.78 is 7.35. The molecule has 0 fully saturated rings. The number of benzene rings is 1. The molecule has 3 rings (SSSR count). The molecule has 0 aliphatic carbocycles. The van der Waals surface area contributed by atoms with Gasteiger partial charge >= 0.3 is 0 Å². The minimum atomic E-state index is -0.638. The summed E-state index contributed by atoms with van der Waals surface area (Å²) in [5.41, 5.74) is 7.31. The van der Waals surface area contributed by atoms with Crippen molar-refractivity contribution < 1.29 is 9.53 Å². The molecule has 0 unspecified atom stereocenters. The molecule has 2 atom stereocenters. The molecule has 1 aliphatic rings. The van der Waals surface area contributed by atoms with Crippen LogP contribution >= 0.6 is 12.4 Å². The number of ether oxygens (including phenoxy) is 1. The summed E-state index contributed by atoms with van der Waals surface area (Å²) in [7, 11) is 1.57. The molecule has 8 heteroatoms. The Balaban J connectivity index is 0.00000261. The molecule has 1 aromatic heterocycles. The lowest BCUT2D eigenvalue weighted by Crippen LogP contribution is -2.50. The Bertz CT molecular complexity index is 737. The van der Waals surface area contributed by atoms with Crippen LogP contribution in [-0.2, 0) is 35.3 Å². The smallest absolute Gasteiger partial charge is 0.242 e. The molecule has 0 saturated heterocycles. The van der Waals surface area contributed by atoms with Gasteiger partial charge in [-0.1, -0.05) is 30.3 Å². The highest BCUT2D eigenvalue weighted by atomic mass is 35.5. The molecule has 1 aliphatic heterocycles. The van der Waals surface area contributed by atoms with Crippen LogP contribution < -0.4 is 5.73 Å². The zero-order valence-corrected chi connectivity index (χ0v) is 16.7. The first kappa shape index (κ1) is 21.3. The van der Waals surface area contributed by atoms with Crippen molar-refractivity contribution >= 4 is 18.3 Å². The number of rotatable bonds is 6. The van der Waals surface area contributed by atoms with E-state index >= 15 is 0 Å². The van der Waals surface area contributed by atoms with Crippen molar-refractivity contribution in [3.63, 3.8) is 0 Å². The summed E-state index contributed by atoms with van der Waals surface area (Å²) in [6.45, 7) is 3.75. The monoisotopic (exact) mass is 393 g/mol. The number of fused-ring (bicyclic) bond motifs is 1. The van der Waals surface area contributed by atoms with Gasteiger partial charge in [-0.3, -0.25) is 4.79 Å². The molecular formula is C19H28ClN5O2. The molecule has 0 saturated carbocycles. The molecule has 1 amide bonds. The van der Waals surface area contributed by atoms with Crippen LogP contribution in [0.4, 0.5) is 0 Å². The first-order valence-electron chi connectivity index (χ1n) is 9.12. The Hall–Kier alpha value is -1.96.